The van der Waals surface area contributed by atoms with Gasteiger partial charge in [0.1, 0.15) is 0 Å². The van der Waals surface area contributed by atoms with Gasteiger partial charge in [0, 0.05) is 5.54 Å². The lowest BCUT2D eigenvalue weighted by Gasteiger charge is -2.19. The molecule has 1 aliphatic rings. The molecule has 0 spiro atoms. The van der Waals surface area contributed by atoms with Gasteiger partial charge in [-0.25, -0.2) is 0 Å². The van der Waals surface area contributed by atoms with E-state index in [1.54, 1.807) is 0 Å². The van der Waals surface area contributed by atoms with Crippen molar-refractivity contribution in [3.8, 4) is 0 Å². The van der Waals surface area contributed by atoms with Crippen LogP contribution in [0.15, 0.2) is 24.3 Å². The summed E-state index contributed by atoms with van der Waals surface area (Å²) in [7, 11) is 0. The van der Waals surface area contributed by atoms with E-state index in [0.717, 1.165) is 5.92 Å². The lowest BCUT2D eigenvalue weighted by Crippen LogP contribution is -2.28. The first-order valence-corrected chi connectivity index (χ1v) is 4.97. The van der Waals surface area contributed by atoms with Crippen molar-refractivity contribution in [3.63, 3.8) is 0 Å². The summed E-state index contributed by atoms with van der Waals surface area (Å²) < 4.78 is 0. The number of benzene rings is 1. The standard InChI is InChI=1S/C12H17N/c1-12(2,13)11-7-5-10(6-8-11)9-3-4-9/h5-9H,3-4,13H2,1-2H3. The van der Waals surface area contributed by atoms with Crippen LogP contribution < -0.4 is 5.73 Å². The summed E-state index contributed by atoms with van der Waals surface area (Å²) in [5.74, 6) is 0.843. The summed E-state index contributed by atoms with van der Waals surface area (Å²) >= 11 is 0. The second kappa shape index (κ2) is 2.85. The van der Waals surface area contributed by atoms with Crippen LogP contribution in [0.5, 0.6) is 0 Å². The number of hydrogen-bond donors (Lipinski definition) is 1. The molecule has 1 nitrogen and oxygen atoms in total. The SMILES string of the molecule is CC(C)(N)c1ccc(C2CC2)cc1. The minimum atomic E-state index is -0.206. The highest BCUT2D eigenvalue weighted by atomic mass is 14.7. The smallest absolute Gasteiger partial charge is 0.0352 e. The summed E-state index contributed by atoms with van der Waals surface area (Å²) in [6.07, 6.45) is 2.73. The molecule has 0 heterocycles. The highest BCUT2D eigenvalue weighted by Crippen LogP contribution is 2.40. The molecule has 1 aromatic rings. The normalized spacial score (nSPS) is 17.5. The molecule has 0 radical (unpaired) electrons. The van der Waals surface area contributed by atoms with Gasteiger partial charge in [-0.1, -0.05) is 24.3 Å². The fourth-order valence-electron chi connectivity index (χ4n) is 1.60. The minimum absolute atomic E-state index is 0.206. The van der Waals surface area contributed by atoms with E-state index in [2.05, 4.69) is 24.3 Å². The van der Waals surface area contributed by atoms with Crippen molar-refractivity contribution in [2.45, 2.75) is 38.1 Å². The molecule has 0 unspecified atom stereocenters. The Morgan fingerprint density at radius 1 is 1.15 bits per heavy atom. The third kappa shape index (κ3) is 1.92. The molecular weight excluding hydrogens is 158 g/mol. The number of hydrogen-bond acceptors (Lipinski definition) is 1. The van der Waals surface area contributed by atoms with E-state index in [1.165, 1.54) is 24.0 Å². The van der Waals surface area contributed by atoms with Crippen molar-refractivity contribution in [2.75, 3.05) is 0 Å². The number of rotatable bonds is 2. The van der Waals surface area contributed by atoms with Crippen LogP contribution in [0.2, 0.25) is 0 Å². The van der Waals surface area contributed by atoms with Crippen molar-refractivity contribution in [1.82, 2.24) is 0 Å². The molecule has 1 aliphatic carbocycles. The quantitative estimate of drug-likeness (QED) is 0.735. The average molecular weight is 175 g/mol. The maximum atomic E-state index is 6.00. The number of nitrogens with two attached hydrogens (primary N) is 1. The monoisotopic (exact) mass is 175 g/mol. The molecule has 1 saturated carbocycles. The van der Waals surface area contributed by atoms with Crippen molar-refractivity contribution in [2.24, 2.45) is 5.73 Å². The van der Waals surface area contributed by atoms with Crippen LogP contribution in [0.3, 0.4) is 0 Å². The zero-order valence-corrected chi connectivity index (χ0v) is 8.38. The Morgan fingerprint density at radius 3 is 2.08 bits per heavy atom. The Hall–Kier alpha value is -0.820. The molecule has 70 valence electrons. The molecule has 0 bridgehead atoms. The van der Waals surface area contributed by atoms with Gasteiger partial charge in [0.2, 0.25) is 0 Å². The van der Waals surface area contributed by atoms with Gasteiger partial charge in [-0.15, -0.1) is 0 Å². The van der Waals surface area contributed by atoms with Gasteiger partial charge in [-0.3, -0.25) is 0 Å². The molecule has 2 N–H and O–H groups in total. The van der Waals surface area contributed by atoms with Crippen LogP contribution in [0.25, 0.3) is 0 Å². The lowest BCUT2D eigenvalue weighted by atomic mass is 9.94. The van der Waals surface area contributed by atoms with E-state index in [4.69, 9.17) is 5.73 Å². The van der Waals surface area contributed by atoms with Gasteiger partial charge in [0.05, 0.1) is 0 Å². The van der Waals surface area contributed by atoms with E-state index in [0.29, 0.717) is 0 Å². The highest BCUT2D eigenvalue weighted by Gasteiger charge is 2.23. The first kappa shape index (κ1) is 8.76. The highest BCUT2D eigenvalue weighted by molar-refractivity contribution is 5.31. The fraction of sp³-hybridized carbons (Fsp3) is 0.500. The van der Waals surface area contributed by atoms with E-state index in [9.17, 15) is 0 Å². The molecule has 13 heavy (non-hydrogen) atoms. The summed E-state index contributed by atoms with van der Waals surface area (Å²) in [5.41, 5.74) is 8.49. The molecular formula is C12H17N. The zero-order chi connectivity index (χ0) is 9.47. The topological polar surface area (TPSA) is 26.0 Å². The minimum Gasteiger partial charge on any atom is -0.322 e. The third-order valence-corrected chi connectivity index (χ3v) is 2.70. The largest absolute Gasteiger partial charge is 0.322 e. The molecule has 0 aromatic heterocycles. The van der Waals surface area contributed by atoms with Gasteiger partial charge in [0.25, 0.3) is 0 Å². The van der Waals surface area contributed by atoms with Crippen LogP contribution in [0.1, 0.15) is 43.7 Å². The second-order valence-corrected chi connectivity index (χ2v) is 4.62. The molecule has 1 heteroatoms. The molecule has 0 aliphatic heterocycles. The zero-order valence-electron chi connectivity index (χ0n) is 8.38. The first-order valence-electron chi connectivity index (χ1n) is 4.97. The predicted molar refractivity (Wildman–Crippen MR) is 55.6 cm³/mol. The van der Waals surface area contributed by atoms with Gasteiger partial charge in [0.15, 0.2) is 0 Å². The Bertz CT molecular complexity index is 288. The second-order valence-electron chi connectivity index (χ2n) is 4.62. The van der Waals surface area contributed by atoms with E-state index in [1.807, 2.05) is 13.8 Å². The lowest BCUT2D eigenvalue weighted by molar-refractivity contribution is 0.554. The van der Waals surface area contributed by atoms with Crippen LogP contribution in [0, 0.1) is 0 Å². The van der Waals surface area contributed by atoms with E-state index in [-0.39, 0.29) is 5.54 Å². The Labute approximate surface area is 80.0 Å². The molecule has 0 amide bonds. The maximum Gasteiger partial charge on any atom is 0.0352 e. The van der Waals surface area contributed by atoms with Crippen molar-refractivity contribution >= 4 is 0 Å². The summed E-state index contributed by atoms with van der Waals surface area (Å²) in [5, 5.41) is 0. The van der Waals surface area contributed by atoms with Gasteiger partial charge < -0.3 is 5.73 Å². The Kier molecular flexibility index (Phi) is 1.92. The van der Waals surface area contributed by atoms with Crippen LogP contribution in [0.4, 0.5) is 0 Å². The first-order chi connectivity index (χ1) is 6.07. The Morgan fingerprint density at radius 2 is 1.69 bits per heavy atom. The summed E-state index contributed by atoms with van der Waals surface area (Å²) in [6, 6.07) is 8.77. The van der Waals surface area contributed by atoms with Gasteiger partial charge in [-0.05, 0) is 43.7 Å². The van der Waals surface area contributed by atoms with Crippen LogP contribution >= 0.6 is 0 Å². The molecule has 2 rings (SSSR count). The van der Waals surface area contributed by atoms with Crippen molar-refractivity contribution in [1.29, 1.82) is 0 Å². The fourth-order valence-corrected chi connectivity index (χ4v) is 1.60. The van der Waals surface area contributed by atoms with Crippen molar-refractivity contribution < 1.29 is 0 Å². The van der Waals surface area contributed by atoms with E-state index < -0.39 is 0 Å². The van der Waals surface area contributed by atoms with E-state index >= 15 is 0 Å². The molecule has 1 fully saturated rings. The summed E-state index contributed by atoms with van der Waals surface area (Å²) in [6.45, 7) is 4.08. The molecule has 0 atom stereocenters. The maximum absolute atomic E-state index is 6.00. The predicted octanol–water partition coefficient (Wildman–Crippen LogP) is 2.76. The molecule has 1 aromatic carbocycles. The third-order valence-electron chi connectivity index (χ3n) is 2.70. The van der Waals surface area contributed by atoms with Crippen molar-refractivity contribution in [3.05, 3.63) is 35.4 Å². The van der Waals surface area contributed by atoms with Crippen LogP contribution in [-0.4, -0.2) is 0 Å². The van der Waals surface area contributed by atoms with Crippen LogP contribution in [-0.2, 0) is 5.54 Å². The van der Waals surface area contributed by atoms with Gasteiger partial charge >= 0.3 is 0 Å². The Balaban J connectivity index is 2.22. The molecule has 0 saturated heterocycles. The van der Waals surface area contributed by atoms with Gasteiger partial charge in [-0.2, -0.15) is 0 Å². The average Bonchev–Trinajstić information content (AvgIpc) is 2.85. The summed E-state index contributed by atoms with van der Waals surface area (Å²) in [4.78, 5) is 0.